The third-order valence-corrected chi connectivity index (χ3v) is 8.34. The third-order valence-electron chi connectivity index (χ3n) is 6.96. The van der Waals surface area contributed by atoms with Crippen molar-refractivity contribution in [3.05, 3.63) is 53.6 Å². The predicted molar refractivity (Wildman–Crippen MR) is 133 cm³/mol. The maximum atomic E-state index is 13.3. The van der Waals surface area contributed by atoms with Crippen LogP contribution in [0.1, 0.15) is 67.3 Å². The van der Waals surface area contributed by atoms with Gasteiger partial charge in [0.15, 0.2) is 0 Å². The molecule has 0 radical (unpaired) electrons. The number of benzene rings is 2. The standard InChI is InChI=1S/C26H35N3O3S/c1-20-11-14-23(15-12-20)33(31,32)27-24-19-21(13-16-25(24)29-17-7-4-8-18-29)26(30)28(2)22-9-5-3-6-10-22/h11-16,19,22,27H,3-10,17-18H2,1-2H3. The van der Waals surface area contributed by atoms with E-state index in [2.05, 4.69) is 9.62 Å². The Labute approximate surface area is 198 Å². The summed E-state index contributed by atoms with van der Waals surface area (Å²) >= 11 is 0. The van der Waals surface area contributed by atoms with E-state index in [0.717, 1.165) is 62.9 Å². The molecule has 178 valence electrons. The Bertz CT molecular complexity index is 1070. The lowest BCUT2D eigenvalue weighted by Gasteiger charge is -2.32. The number of hydrogen-bond acceptors (Lipinski definition) is 4. The SMILES string of the molecule is Cc1ccc(S(=O)(=O)Nc2cc(C(=O)N(C)C3CCCCC3)ccc2N2CCCCC2)cc1. The largest absolute Gasteiger partial charge is 0.370 e. The first-order valence-electron chi connectivity index (χ1n) is 12.1. The van der Waals surface area contributed by atoms with E-state index in [-0.39, 0.29) is 16.8 Å². The predicted octanol–water partition coefficient (Wildman–Crippen LogP) is 5.19. The molecule has 1 amide bonds. The summed E-state index contributed by atoms with van der Waals surface area (Å²) < 4.78 is 29.2. The number of amides is 1. The van der Waals surface area contributed by atoms with Gasteiger partial charge >= 0.3 is 0 Å². The summed E-state index contributed by atoms with van der Waals surface area (Å²) in [4.78, 5) is 17.6. The fraction of sp³-hybridized carbons (Fsp3) is 0.500. The molecular weight excluding hydrogens is 434 g/mol. The molecule has 7 heteroatoms. The minimum atomic E-state index is -3.78. The van der Waals surface area contributed by atoms with Crippen molar-refractivity contribution in [3.63, 3.8) is 0 Å². The lowest BCUT2D eigenvalue weighted by molar-refractivity contribution is 0.0696. The van der Waals surface area contributed by atoms with E-state index in [4.69, 9.17) is 0 Å². The van der Waals surface area contributed by atoms with Crippen LogP contribution in [0.3, 0.4) is 0 Å². The van der Waals surface area contributed by atoms with Gasteiger partial charge in [0.1, 0.15) is 0 Å². The van der Waals surface area contributed by atoms with Crippen LogP contribution < -0.4 is 9.62 Å². The van der Waals surface area contributed by atoms with Crippen LogP contribution in [0.15, 0.2) is 47.4 Å². The number of piperidine rings is 1. The molecule has 1 aliphatic carbocycles. The molecule has 1 saturated heterocycles. The highest BCUT2D eigenvalue weighted by molar-refractivity contribution is 7.92. The summed E-state index contributed by atoms with van der Waals surface area (Å²) in [5, 5.41) is 0. The molecule has 0 spiro atoms. The lowest BCUT2D eigenvalue weighted by Crippen LogP contribution is -2.38. The van der Waals surface area contributed by atoms with E-state index in [1.165, 1.54) is 12.8 Å². The Morgan fingerprint density at radius 3 is 2.24 bits per heavy atom. The number of sulfonamides is 1. The van der Waals surface area contributed by atoms with Crippen LogP contribution in [0.25, 0.3) is 0 Å². The smallest absolute Gasteiger partial charge is 0.261 e. The number of nitrogens with zero attached hydrogens (tertiary/aromatic N) is 2. The minimum Gasteiger partial charge on any atom is -0.370 e. The molecule has 2 fully saturated rings. The van der Waals surface area contributed by atoms with Crippen LogP contribution in [0, 0.1) is 6.92 Å². The highest BCUT2D eigenvalue weighted by atomic mass is 32.2. The quantitative estimate of drug-likeness (QED) is 0.632. The zero-order valence-electron chi connectivity index (χ0n) is 19.7. The van der Waals surface area contributed by atoms with Gasteiger partial charge in [-0.2, -0.15) is 0 Å². The molecule has 33 heavy (non-hydrogen) atoms. The highest BCUT2D eigenvalue weighted by Gasteiger charge is 2.25. The molecule has 1 heterocycles. The molecule has 1 aliphatic heterocycles. The molecule has 6 nitrogen and oxygen atoms in total. The Balaban J connectivity index is 1.66. The highest BCUT2D eigenvalue weighted by Crippen LogP contribution is 2.32. The number of nitrogens with one attached hydrogen (secondary N) is 1. The van der Waals surface area contributed by atoms with Crippen molar-refractivity contribution >= 4 is 27.3 Å². The molecule has 0 unspecified atom stereocenters. The molecule has 4 rings (SSSR count). The van der Waals surface area contributed by atoms with E-state index in [1.807, 2.05) is 31.0 Å². The van der Waals surface area contributed by atoms with Crippen LogP contribution in [-0.4, -0.2) is 45.4 Å². The molecule has 0 atom stereocenters. The van der Waals surface area contributed by atoms with Gasteiger partial charge in [-0.25, -0.2) is 8.42 Å². The van der Waals surface area contributed by atoms with Crippen molar-refractivity contribution in [1.29, 1.82) is 0 Å². The number of rotatable bonds is 6. The first kappa shape index (κ1) is 23.6. The van der Waals surface area contributed by atoms with E-state index in [9.17, 15) is 13.2 Å². The zero-order valence-corrected chi connectivity index (χ0v) is 20.5. The van der Waals surface area contributed by atoms with Gasteiger partial charge in [0, 0.05) is 31.7 Å². The Hall–Kier alpha value is -2.54. The number of aryl methyl sites for hydroxylation is 1. The summed E-state index contributed by atoms with van der Waals surface area (Å²) in [7, 11) is -1.91. The molecule has 1 N–H and O–H groups in total. The number of carbonyl (C=O) groups excluding carboxylic acids is 1. The fourth-order valence-corrected chi connectivity index (χ4v) is 5.99. The summed E-state index contributed by atoms with van der Waals surface area (Å²) in [6.45, 7) is 3.69. The first-order chi connectivity index (χ1) is 15.8. The molecule has 2 aromatic rings. The average molecular weight is 470 g/mol. The van der Waals surface area contributed by atoms with Gasteiger partial charge in [-0.15, -0.1) is 0 Å². The molecule has 1 saturated carbocycles. The molecule has 2 aliphatic rings. The molecule has 2 aromatic carbocycles. The molecular formula is C26H35N3O3S. The van der Waals surface area contributed by atoms with Crippen LogP contribution >= 0.6 is 0 Å². The monoisotopic (exact) mass is 469 g/mol. The van der Waals surface area contributed by atoms with Gasteiger partial charge in [0.2, 0.25) is 0 Å². The molecule has 0 bridgehead atoms. The number of carbonyl (C=O) groups is 1. The number of hydrogen-bond donors (Lipinski definition) is 1. The maximum Gasteiger partial charge on any atom is 0.261 e. The summed E-state index contributed by atoms with van der Waals surface area (Å²) in [5.41, 5.74) is 2.83. The lowest BCUT2D eigenvalue weighted by atomic mass is 9.94. The van der Waals surface area contributed by atoms with Crippen molar-refractivity contribution in [2.24, 2.45) is 0 Å². The second kappa shape index (κ2) is 10.2. The van der Waals surface area contributed by atoms with Crippen LogP contribution in [-0.2, 0) is 10.0 Å². The van der Waals surface area contributed by atoms with Crippen molar-refractivity contribution in [3.8, 4) is 0 Å². The van der Waals surface area contributed by atoms with Gasteiger partial charge in [-0.05, 0) is 69.4 Å². The van der Waals surface area contributed by atoms with E-state index < -0.39 is 10.0 Å². The summed E-state index contributed by atoms with van der Waals surface area (Å²) in [5.74, 6) is -0.0529. The second-order valence-electron chi connectivity index (χ2n) is 9.41. The van der Waals surface area contributed by atoms with E-state index in [0.29, 0.717) is 11.3 Å². The van der Waals surface area contributed by atoms with Gasteiger partial charge in [-0.3, -0.25) is 9.52 Å². The normalized spacial score (nSPS) is 17.6. The second-order valence-corrected chi connectivity index (χ2v) is 11.1. The van der Waals surface area contributed by atoms with E-state index >= 15 is 0 Å². The Morgan fingerprint density at radius 2 is 1.58 bits per heavy atom. The van der Waals surface area contributed by atoms with Crippen molar-refractivity contribution < 1.29 is 13.2 Å². The third kappa shape index (κ3) is 5.52. The van der Waals surface area contributed by atoms with Crippen molar-refractivity contribution in [2.45, 2.75) is 69.2 Å². The van der Waals surface area contributed by atoms with Crippen molar-refractivity contribution in [2.75, 3.05) is 29.8 Å². The summed E-state index contributed by atoms with van der Waals surface area (Å²) in [6, 6.07) is 12.5. The maximum absolute atomic E-state index is 13.3. The topological polar surface area (TPSA) is 69.7 Å². The number of anilines is 2. The van der Waals surface area contributed by atoms with Gasteiger partial charge in [0.05, 0.1) is 16.3 Å². The van der Waals surface area contributed by atoms with E-state index in [1.54, 1.807) is 30.3 Å². The minimum absolute atomic E-state index is 0.0529. The Kier molecular flexibility index (Phi) is 7.27. The van der Waals surface area contributed by atoms with Gasteiger partial charge in [0.25, 0.3) is 15.9 Å². The zero-order chi connectivity index (χ0) is 23.4. The summed E-state index contributed by atoms with van der Waals surface area (Å²) in [6.07, 6.45) is 8.93. The molecule has 0 aromatic heterocycles. The van der Waals surface area contributed by atoms with Crippen LogP contribution in [0.5, 0.6) is 0 Å². The van der Waals surface area contributed by atoms with Gasteiger partial charge < -0.3 is 9.80 Å². The fourth-order valence-electron chi connectivity index (χ4n) is 4.92. The average Bonchev–Trinajstić information content (AvgIpc) is 2.84. The van der Waals surface area contributed by atoms with Crippen LogP contribution in [0.2, 0.25) is 0 Å². The Morgan fingerprint density at radius 1 is 0.939 bits per heavy atom. The van der Waals surface area contributed by atoms with Gasteiger partial charge in [-0.1, -0.05) is 37.0 Å². The first-order valence-corrected chi connectivity index (χ1v) is 13.6. The van der Waals surface area contributed by atoms with Crippen LogP contribution in [0.4, 0.5) is 11.4 Å². The van der Waals surface area contributed by atoms with Crippen molar-refractivity contribution in [1.82, 2.24) is 4.90 Å².